The van der Waals surface area contributed by atoms with Gasteiger partial charge in [0, 0.05) is 5.69 Å². The molecule has 7 nitrogen and oxygen atoms in total. The van der Waals surface area contributed by atoms with Crippen molar-refractivity contribution in [2.45, 2.75) is 33.7 Å². The summed E-state index contributed by atoms with van der Waals surface area (Å²) in [6, 6.07) is 15.8. The number of hydrogen-bond acceptors (Lipinski definition) is 5. The van der Waals surface area contributed by atoms with Gasteiger partial charge in [-0.3, -0.25) is 9.36 Å². The number of anilines is 1. The number of nitrogens with one attached hydrogen (secondary N) is 2. The highest BCUT2D eigenvalue weighted by Gasteiger charge is 2.20. The van der Waals surface area contributed by atoms with E-state index in [1.54, 1.807) is 6.33 Å². The minimum Gasteiger partial charge on any atom is -0.360 e. The van der Waals surface area contributed by atoms with Crippen molar-refractivity contribution in [2.75, 3.05) is 5.32 Å². The number of rotatable bonds is 4. The van der Waals surface area contributed by atoms with Crippen LogP contribution in [0.25, 0.3) is 27.6 Å². The number of imidazole rings is 1. The Labute approximate surface area is 185 Å². The first-order valence-corrected chi connectivity index (χ1v) is 10.6. The smallest absolute Gasteiger partial charge is 0.263 e. The third kappa shape index (κ3) is 3.22. The molecule has 32 heavy (non-hydrogen) atoms. The summed E-state index contributed by atoms with van der Waals surface area (Å²) in [5, 5.41) is 5.13. The summed E-state index contributed by atoms with van der Waals surface area (Å²) in [6.07, 6.45) is 1.61. The lowest BCUT2D eigenvalue weighted by Gasteiger charge is -2.23. The highest BCUT2D eigenvalue weighted by atomic mass is 16.1. The monoisotopic (exact) mass is 424 g/mol. The van der Waals surface area contributed by atoms with Gasteiger partial charge in [0.25, 0.3) is 5.56 Å². The second-order valence-corrected chi connectivity index (χ2v) is 8.12. The number of nitrogens with zero attached hydrogens (tertiary/aromatic N) is 4. The molecule has 0 fully saturated rings. The van der Waals surface area contributed by atoms with Crippen LogP contribution in [0.1, 0.15) is 35.6 Å². The normalized spacial score (nSPS) is 12.4. The molecule has 0 amide bonds. The molecular weight excluding hydrogens is 400 g/mol. The Morgan fingerprint density at radius 3 is 2.59 bits per heavy atom. The Morgan fingerprint density at radius 2 is 1.78 bits per heavy atom. The van der Waals surface area contributed by atoms with Crippen molar-refractivity contribution in [1.82, 2.24) is 24.5 Å². The van der Waals surface area contributed by atoms with Crippen molar-refractivity contribution < 1.29 is 0 Å². The minimum absolute atomic E-state index is 0.0256. The fraction of sp³-hybridized carbons (Fsp3) is 0.200. The van der Waals surface area contributed by atoms with Gasteiger partial charge < -0.3 is 10.3 Å². The van der Waals surface area contributed by atoms with E-state index in [9.17, 15) is 4.79 Å². The summed E-state index contributed by atoms with van der Waals surface area (Å²) >= 11 is 0. The number of aromatic amines is 1. The molecular formula is C25H24N6O. The lowest BCUT2D eigenvalue weighted by atomic mass is 10.0. The van der Waals surface area contributed by atoms with Crippen LogP contribution < -0.4 is 10.9 Å². The van der Waals surface area contributed by atoms with Crippen molar-refractivity contribution in [1.29, 1.82) is 0 Å². The van der Waals surface area contributed by atoms with Gasteiger partial charge in [-0.15, -0.1) is 0 Å². The summed E-state index contributed by atoms with van der Waals surface area (Å²) < 4.78 is 1.82. The Kier molecular flexibility index (Phi) is 4.74. The fourth-order valence-electron chi connectivity index (χ4n) is 4.26. The predicted octanol–water partition coefficient (Wildman–Crippen LogP) is 4.76. The number of hydrogen-bond donors (Lipinski definition) is 2. The van der Waals surface area contributed by atoms with Gasteiger partial charge in [-0.1, -0.05) is 36.4 Å². The quantitative estimate of drug-likeness (QED) is 0.434. The van der Waals surface area contributed by atoms with E-state index < -0.39 is 0 Å². The van der Waals surface area contributed by atoms with Gasteiger partial charge in [0.1, 0.15) is 11.3 Å². The third-order valence-corrected chi connectivity index (χ3v) is 5.83. The third-order valence-electron chi connectivity index (χ3n) is 5.83. The van der Waals surface area contributed by atoms with E-state index in [1.165, 1.54) is 0 Å². The maximum Gasteiger partial charge on any atom is 0.263 e. The summed E-state index contributed by atoms with van der Waals surface area (Å²) in [5.74, 6) is 1.27. The van der Waals surface area contributed by atoms with Gasteiger partial charge in [0.05, 0.1) is 23.4 Å². The van der Waals surface area contributed by atoms with Gasteiger partial charge in [0.2, 0.25) is 0 Å². The number of pyridine rings is 1. The number of para-hydroxylation sites is 1. The molecule has 0 aliphatic heterocycles. The predicted molar refractivity (Wildman–Crippen MR) is 127 cm³/mol. The molecule has 0 bridgehead atoms. The van der Waals surface area contributed by atoms with Crippen LogP contribution in [0.4, 0.5) is 5.82 Å². The molecule has 5 rings (SSSR count). The molecule has 0 spiro atoms. The van der Waals surface area contributed by atoms with Crippen LogP contribution in [-0.2, 0) is 0 Å². The van der Waals surface area contributed by atoms with E-state index in [0.717, 1.165) is 33.3 Å². The summed E-state index contributed by atoms with van der Waals surface area (Å²) in [4.78, 5) is 30.2. The second-order valence-electron chi connectivity index (χ2n) is 8.12. The van der Waals surface area contributed by atoms with Crippen LogP contribution in [0.2, 0.25) is 0 Å². The molecule has 7 heteroatoms. The highest BCUT2D eigenvalue weighted by Crippen LogP contribution is 2.27. The Morgan fingerprint density at radius 1 is 1.00 bits per heavy atom. The molecule has 2 N–H and O–H groups in total. The van der Waals surface area contributed by atoms with E-state index in [4.69, 9.17) is 0 Å². The number of benzene rings is 2. The Balaban J connectivity index is 1.74. The van der Waals surface area contributed by atoms with E-state index in [1.807, 2.05) is 74.7 Å². The van der Waals surface area contributed by atoms with Crippen LogP contribution in [0, 0.1) is 20.8 Å². The summed E-state index contributed by atoms with van der Waals surface area (Å²) in [7, 11) is 0. The first kappa shape index (κ1) is 19.9. The van der Waals surface area contributed by atoms with Crippen LogP contribution in [0.15, 0.2) is 59.7 Å². The SMILES string of the molecule is Cc1nc(N[C@@H](C)c2cc3cccc(C)c3c(=O)n2-c2ccccc2C)c2nc[nH]c2n1. The van der Waals surface area contributed by atoms with Crippen molar-refractivity contribution in [3.8, 4) is 5.69 Å². The highest BCUT2D eigenvalue weighted by molar-refractivity contribution is 5.86. The molecule has 0 aliphatic carbocycles. The molecule has 0 unspecified atom stereocenters. The molecule has 5 aromatic rings. The fourth-order valence-corrected chi connectivity index (χ4v) is 4.26. The van der Waals surface area contributed by atoms with E-state index in [2.05, 4.69) is 31.3 Å². The Bertz CT molecular complexity index is 1530. The zero-order valence-corrected chi connectivity index (χ0v) is 18.5. The van der Waals surface area contributed by atoms with Gasteiger partial charge >= 0.3 is 0 Å². The first-order valence-electron chi connectivity index (χ1n) is 10.6. The van der Waals surface area contributed by atoms with Gasteiger partial charge in [-0.2, -0.15) is 0 Å². The summed E-state index contributed by atoms with van der Waals surface area (Å²) in [6.45, 7) is 7.87. The van der Waals surface area contributed by atoms with Crippen LogP contribution in [-0.4, -0.2) is 24.5 Å². The summed E-state index contributed by atoms with van der Waals surface area (Å²) in [5.41, 5.74) is 5.04. The van der Waals surface area contributed by atoms with Crippen LogP contribution in [0.3, 0.4) is 0 Å². The van der Waals surface area contributed by atoms with Gasteiger partial charge in [-0.25, -0.2) is 15.0 Å². The van der Waals surface area contributed by atoms with Crippen LogP contribution >= 0.6 is 0 Å². The van der Waals surface area contributed by atoms with E-state index in [-0.39, 0.29) is 11.6 Å². The van der Waals surface area contributed by atoms with Crippen molar-refractivity contribution in [3.63, 3.8) is 0 Å². The zero-order chi connectivity index (χ0) is 22.4. The molecule has 0 saturated heterocycles. The number of aromatic nitrogens is 5. The zero-order valence-electron chi connectivity index (χ0n) is 18.5. The van der Waals surface area contributed by atoms with Crippen LogP contribution in [0.5, 0.6) is 0 Å². The molecule has 2 aromatic carbocycles. The topological polar surface area (TPSA) is 88.5 Å². The van der Waals surface area contributed by atoms with Gasteiger partial charge in [0.15, 0.2) is 11.5 Å². The van der Waals surface area contributed by atoms with Crippen molar-refractivity contribution in [2.24, 2.45) is 0 Å². The largest absolute Gasteiger partial charge is 0.360 e. The van der Waals surface area contributed by atoms with Crippen molar-refractivity contribution in [3.05, 3.63) is 87.9 Å². The number of fused-ring (bicyclic) bond motifs is 2. The molecule has 160 valence electrons. The molecule has 3 aromatic heterocycles. The molecule has 1 atom stereocenters. The Hall–Kier alpha value is -4.00. The molecule has 0 aliphatic rings. The number of H-pyrrole nitrogens is 1. The van der Waals surface area contributed by atoms with Crippen molar-refractivity contribution >= 4 is 27.8 Å². The van der Waals surface area contributed by atoms with Gasteiger partial charge in [-0.05, 0) is 56.3 Å². The lowest BCUT2D eigenvalue weighted by molar-refractivity contribution is 0.770. The molecule has 3 heterocycles. The first-order chi connectivity index (χ1) is 15.4. The average Bonchev–Trinajstić information content (AvgIpc) is 3.23. The molecule has 0 radical (unpaired) electrons. The maximum atomic E-state index is 13.8. The average molecular weight is 425 g/mol. The standard InChI is InChI=1S/C25H24N6O/c1-14-8-5-6-11-19(14)31-20(12-18-10-7-9-15(2)21(18)25(31)32)16(3)28-24-22-23(27-13-26-22)29-17(4)30-24/h5-13,16H,1-4H3,(H2,26,27,28,29,30)/t16-/m0/s1. The second kappa shape index (κ2) is 7.60. The maximum absolute atomic E-state index is 13.8. The number of aryl methyl sites for hydroxylation is 3. The van der Waals surface area contributed by atoms with E-state index in [0.29, 0.717) is 22.8 Å². The lowest BCUT2D eigenvalue weighted by Crippen LogP contribution is -2.26. The minimum atomic E-state index is -0.221. The molecule has 0 saturated carbocycles. The van der Waals surface area contributed by atoms with E-state index >= 15 is 0 Å².